The fourth-order valence-corrected chi connectivity index (χ4v) is 6.46. The quantitative estimate of drug-likeness (QED) is 0.209. The fourth-order valence-electron chi connectivity index (χ4n) is 6.46. The van der Waals surface area contributed by atoms with Gasteiger partial charge in [-0.3, -0.25) is 0 Å². The van der Waals surface area contributed by atoms with Crippen LogP contribution in [0.2, 0.25) is 0 Å². The minimum Gasteiger partial charge on any atom is -0.455 e. The van der Waals surface area contributed by atoms with E-state index >= 15 is 0 Å². The lowest BCUT2D eigenvalue weighted by Gasteiger charge is -2.12. The van der Waals surface area contributed by atoms with Crippen LogP contribution in [0.5, 0.6) is 0 Å². The van der Waals surface area contributed by atoms with Gasteiger partial charge >= 0.3 is 0 Å². The van der Waals surface area contributed by atoms with Crippen molar-refractivity contribution in [2.75, 3.05) is 0 Å². The topological polar surface area (TPSA) is 51.8 Å². The van der Waals surface area contributed by atoms with E-state index in [2.05, 4.69) is 133 Å². The molecule has 0 saturated carbocycles. The van der Waals surface area contributed by atoms with Crippen molar-refractivity contribution < 1.29 is 4.42 Å². The van der Waals surface area contributed by atoms with Gasteiger partial charge in [-0.25, -0.2) is 15.0 Å². The average molecular weight is 578 g/mol. The van der Waals surface area contributed by atoms with Gasteiger partial charge in [-0.05, 0) is 64.4 Å². The first-order valence-corrected chi connectivity index (χ1v) is 15.3. The number of allylic oxidation sites excluding steroid dienone is 4. The van der Waals surface area contributed by atoms with Crippen molar-refractivity contribution in [1.29, 1.82) is 0 Å². The largest absolute Gasteiger partial charge is 0.455 e. The number of aromatic nitrogens is 3. The smallest absolute Gasteiger partial charge is 0.164 e. The van der Waals surface area contributed by atoms with Crippen LogP contribution < -0.4 is 0 Å². The van der Waals surface area contributed by atoms with E-state index in [9.17, 15) is 0 Å². The van der Waals surface area contributed by atoms with Gasteiger partial charge < -0.3 is 4.42 Å². The van der Waals surface area contributed by atoms with Gasteiger partial charge in [-0.1, -0.05) is 115 Å². The SMILES string of the molecule is C1=CC(c2nc(-c3ccc4ccccc4c3)nc(-c3cc4ccccc4c4oc5cc(-c6ccccc6)ccc5c34)n2)=CCC1. The molecular weight excluding hydrogens is 550 g/mol. The highest BCUT2D eigenvalue weighted by Crippen LogP contribution is 2.42. The van der Waals surface area contributed by atoms with Gasteiger partial charge in [0.15, 0.2) is 17.5 Å². The summed E-state index contributed by atoms with van der Waals surface area (Å²) in [5.74, 6) is 1.97. The van der Waals surface area contributed by atoms with E-state index in [0.717, 1.165) is 78.8 Å². The fraction of sp³-hybridized carbons (Fsp3) is 0.0488. The molecule has 0 radical (unpaired) electrons. The zero-order valence-corrected chi connectivity index (χ0v) is 24.4. The van der Waals surface area contributed by atoms with Crippen molar-refractivity contribution in [2.45, 2.75) is 12.8 Å². The van der Waals surface area contributed by atoms with E-state index in [4.69, 9.17) is 19.4 Å². The van der Waals surface area contributed by atoms with E-state index in [1.807, 2.05) is 6.07 Å². The van der Waals surface area contributed by atoms with Gasteiger partial charge in [0.05, 0.1) is 0 Å². The van der Waals surface area contributed by atoms with Gasteiger partial charge in [0.25, 0.3) is 0 Å². The van der Waals surface area contributed by atoms with Crippen LogP contribution in [0.4, 0.5) is 0 Å². The predicted octanol–water partition coefficient (Wildman–Crippen LogP) is 10.8. The molecule has 2 heterocycles. The molecule has 1 aliphatic carbocycles. The summed E-state index contributed by atoms with van der Waals surface area (Å²) in [7, 11) is 0. The van der Waals surface area contributed by atoms with Crippen LogP contribution in [0.25, 0.3) is 83.0 Å². The number of furan rings is 1. The van der Waals surface area contributed by atoms with E-state index in [-0.39, 0.29) is 0 Å². The standard InChI is InChI=1S/C41H27N3O/c1-3-11-26(12-4-1)30-21-22-34-36(25-30)45-38-33-18-10-9-17-31(33)24-35(37(34)38)41-43-39(28-14-5-2-6-15-28)42-40(44-41)32-20-19-27-13-7-8-16-29(27)23-32/h1,3-5,7-25H,2,6H2. The molecule has 6 aromatic carbocycles. The first-order valence-electron chi connectivity index (χ1n) is 15.3. The zero-order valence-electron chi connectivity index (χ0n) is 24.4. The Morgan fingerprint density at radius 1 is 0.511 bits per heavy atom. The van der Waals surface area contributed by atoms with E-state index < -0.39 is 0 Å². The summed E-state index contributed by atoms with van der Waals surface area (Å²) in [5.41, 5.74) is 6.86. The lowest BCUT2D eigenvalue weighted by molar-refractivity contribution is 0.673. The second-order valence-corrected chi connectivity index (χ2v) is 11.5. The van der Waals surface area contributed by atoms with Crippen molar-refractivity contribution in [2.24, 2.45) is 0 Å². The predicted molar refractivity (Wildman–Crippen MR) is 185 cm³/mol. The third kappa shape index (κ3) is 4.42. The normalized spacial score (nSPS) is 13.2. The number of rotatable bonds is 4. The molecular formula is C41H27N3O. The third-order valence-corrected chi connectivity index (χ3v) is 8.71. The summed E-state index contributed by atoms with van der Waals surface area (Å²) >= 11 is 0. The lowest BCUT2D eigenvalue weighted by Crippen LogP contribution is -2.03. The Morgan fingerprint density at radius 3 is 2.13 bits per heavy atom. The van der Waals surface area contributed by atoms with Crippen molar-refractivity contribution in [3.05, 3.63) is 145 Å². The maximum atomic E-state index is 6.71. The number of hydrogen-bond donors (Lipinski definition) is 0. The van der Waals surface area contributed by atoms with Crippen LogP contribution in [-0.2, 0) is 0 Å². The van der Waals surface area contributed by atoms with Crippen LogP contribution in [0.1, 0.15) is 18.7 Å². The summed E-state index contributed by atoms with van der Waals surface area (Å²) in [6, 6.07) is 42.2. The molecule has 4 nitrogen and oxygen atoms in total. The van der Waals surface area contributed by atoms with Crippen molar-refractivity contribution in [3.63, 3.8) is 0 Å². The van der Waals surface area contributed by atoms with Gasteiger partial charge in [0.2, 0.25) is 0 Å². The van der Waals surface area contributed by atoms with Crippen LogP contribution in [-0.4, -0.2) is 15.0 Å². The van der Waals surface area contributed by atoms with Gasteiger partial charge in [-0.2, -0.15) is 0 Å². The van der Waals surface area contributed by atoms with Crippen LogP contribution in [0, 0.1) is 0 Å². The molecule has 212 valence electrons. The Bertz CT molecular complexity index is 2490. The van der Waals surface area contributed by atoms with Crippen LogP contribution >= 0.6 is 0 Å². The van der Waals surface area contributed by atoms with Gasteiger partial charge in [0.1, 0.15) is 11.2 Å². The van der Waals surface area contributed by atoms with Gasteiger partial charge in [0, 0.05) is 32.9 Å². The average Bonchev–Trinajstić information content (AvgIpc) is 3.51. The molecule has 4 heteroatoms. The Morgan fingerprint density at radius 2 is 1.27 bits per heavy atom. The van der Waals surface area contributed by atoms with Gasteiger partial charge in [-0.15, -0.1) is 0 Å². The monoisotopic (exact) mass is 577 g/mol. The van der Waals surface area contributed by atoms with Crippen molar-refractivity contribution in [1.82, 2.24) is 15.0 Å². The Hall–Kier alpha value is -5.87. The molecule has 0 saturated heterocycles. The molecule has 45 heavy (non-hydrogen) atoms. The minimum atomic E-state index is 0.633. The number of fused-ring (bicyclic) bond motifs is 6. The Labute approximate surface area is 260 Å². The second kappa shape index (κ2) is 10.4. The molecule has 0 unspecified atom stereocenters. The van der Waals surface area contributed by atoms with Crippen LogP contribution in [0.3, 0.4) is 0 Å². The van der Waals surface area contributed by atoms with Crippen molar-refractivity contribution >= 4 is 49.1 Å². The second-order valence-electron chi connectivity index (χ2n) is 11.5. The number of benzene rings is 6. The maximum Gasteiger partial charge on any atom is 0.164 e. The van der Waals surface area contributed by atoms with E-state index in [1.54, 1.807) is 0 Å². The molecule has 0 amide bonds. The Balaban J connectivity index is 1.32. The molecule has 0 aliphatic heterocycles. The number of hydrogen-bond acceptors (Lipinski definition) is 4. The molecule has 8 aromatic rings. The first kappa shape index (κ1) is 25.6. The minimum absolute atomic E-state index is 0.633. The highest BCUT2D eigenvalue weighted by Gasteiger charge is 2.21. The maximum absolute atomic E-state index is 6.71. The first-order chi connectivity index (χ1) is 22.3. The summed E-state index contributed by atoms with van der Waals surface area (Å²) in [6.07, 6.45) is 8.53. The van der Waals surface area contributed by atoms with Crippen molar-refractivity contribution in [3.8, 4) is 33.9 Å². The molecule has 0 bridgehead atoms. The molecule has 0 atom stereocenters. The molecule has 9 rings (SSSR count). The lowest BCUT2D eigenvalue weighted by atomic mass is 9.98. The molecule has 2 aromatic heterocycles. The van der Waals surface area contributed by atoms with E-state index in [0.29, 0.717) is 17.5 Å². The molecule has 1 aliphatic rings. The van der Waals surface area contributed by atoms with E-state index in [1.165, 1.54) is 5.39 Å². The molecule has 0 N–H and O–H groups in total. The number of nitrogens with zero attached hydrogens (tertiary/aromatic N) is 3. The molecule has 0 fully saturated rings. The highest BCUT2D eigenvalue weighted by atomic mass is 16.3. The highest BCUT2D eigenvalue weighted by molar-refractivity contribution is 6.21. The zero-order chi connectivity index (χ0) is 29.7. The molecule has 0 spiro atoms. The Kier molecular flexibility index (Phi) is 5.91. The van der Waals surface area contributed by atoms with Crippen LogP contribution in [0.15, 0.2) is 144 Å². The summed E-state index contributed by atoms with van der Waals surface area (Å²) in [4.78, 5) is 15.3. The third-order valence-electron chi connectivity index (χ3n) is 8.71. The summed E-state index contributed by atoms with van der Waals surface area (Å²) < 4.78 is 6.71. The summed E-state index contributed by atoms with van der Waals surface area (Å²) in [6.45, 7) is 0. The summed E-state index contributed by atoms with van der Waals surface area (Å²) in [5, 5.41) is 6.53.